The van der Waals surface area contributed by atoms with Crippen LogP contribution >= 0.6 is 47.2 Å². The second kappa shape index (κ2) is 9.76. The Labute approximate surface area is 205 Å². The Bertz CT molecular complexity index is 1260. The molecule has 0 atom stereocenters. The Morgan fingerprint density at radius 1 is 1.06 bits per heavy atom. The van der Waals surface area contributed by atoms with Gasteiger partial charge in [0.1, 0.15) is 6.61 Å². The number of rotatable bonds is 5. The summed E-state index contributed by atoms with van der Waals surface area (Å²) >= 11 is 19.5. The van der Waals surface area contributed by atoms with Gasteiger partial charge in [0.25, 0.3) is 5.91 Å². The van der Waals surface area contributed by atoms with Crippen molar-refractivity contribution in [2.45, 2.75) is 6.61 Å². The largest absolute Gasteiger partial charge is 0.486 e. The molecule has 1 amide bonds. The van der Waals surface area contributed by atoms with Gasteiger partial charge in [-0.3, -0.25) is 9.69 Å². The molecule has 1 fully saturated rings. The van der Waals surface area contributed by atoms with Crippen LogP contribution in [-0.4, -0.2) is 10.2 Å². The lowest BCUT2D eigenvalue weighted by Gasteiger charge is -2.14. The average molecular weight is 497 g/mol. The number of nitriles is 1. The summed E-state index contributed by atoms with van der Waals surface area (Å²) in [6.07, 6.45) is 1.70. The van der Waals surface area contributed by atoms with Gasteiger partial charge in [-0.15, -0.1) is 0 Å². The molecule has 158 valence electrons. The van der Waals surface area contributed by atoms with E-state index >= 15 is 0 Å². The topological polar surface area (TPSA) is 53.3 Å². The third kappa shape index (κ3) is 4.67. The fourth-order valence-corrected chi connectivity index (χ4v) is 5.04. The second-order valence-corrected chi connectivity index (χ2v) is 9.21. The Balaban J connectivity index is 1.56. The molecule has 4 nitrogen and oxygen atoms in total. The molecule has 0 N–H and O–H groups in total. The summed E-state index contributed by atoms with van der Waals surface area (Å²) in [7, 11) is 0. The van der Waals surface area contributed by atoms with Gasteiger partial charge in [-0.25, -0.2) is 0 Å². The van der Waals surface area contributed by atoms with Crippen molar-refractivity contribution in [2.24, 2.45) is 0 Å². The van der Waals surface area contributed by atoms with E-state index in [4.69, 9.17) is 40.2 Å². The molecule has 32 heavy (non-hydrogen) atoms. The summed E-state index contributed by atoms with van der Waals surface area (Å²) < 4.78 is 6.26. The Morgan fingerprint density at radius 3 is 2.41 bits per heavy atom. The summed E-state index contributed by atoms with van der Waals surface area (Å²) in [4.78, 5) is 14.9. The van der Waals surface area contributed by atoms with Crippen LogP contribution in [0.5, 0.6) is 5.75 Å². The first-order valence-corrected chi connectivity index (χ1v) is 11.4. The van der Waals surface area contributed by atoms with Gasteiger partial charge in [-0.2, -0.15) is 5.26 Å². The monoisotopic (exact) mass is 496 g/mol. The lowest BCUT2D eigenvalue weighted by Crippen LogP contribution is -2.27. The molecule has 0 radical (unpaired) electrons. The molecule has 0 bridgehead atoms. The van der Waals surface area contributed by atoms with Crippen molar-refractivity contribution < 1.29 is 9.53 Å². The normalized spacial score (nSPS) is 14.7. The number of benzene rings is 3. The molecule has 0 aliphatic carbocycles. The van der Waals surface area contributed by atoms with Crippen LogP contribution < -0.4 is 9.64 Å². The van der Waals surface area contributed by atoms with Gasteiger partial charge < -0.3 is 4.74 Å². The lowest BCUT2D eigenvalue weighted by atomic mass is 10.1. The highest BCUT2D eigenvalue weighted by atomic mass is 35.5. The second-order valence-electron chi connectivity index (χ2n) is 6.72. The first-order chi connectivity index (χ1) is 15.5. The van der Waals surface area contributed by atoms with E-state index in [1.54, 1.807) is 30.3 Å². The van der Waals surface area contributed by atoms with Crippen molar-refractivity contribution >= 4 is 69.2 Å². The number of anilines is 1. The average Bonchev–Trinajstić information content (AvgIpc) is 3.06. The number of amides is 1. The summed E-state index contributed by atoms with van der Waals surface area (Å²) in [6.45, 7) is 0.151. The molecule has 1 aliphatic rings. The zero-order valence-corrected chi connectivity index (χ0v) is 19.6. The zero-order valence-electron chi connectivity index (χ0n) is 16.4. The van der Waals surface area contributed by atoms with Gasteiger partial charge in [0.05, 0.1) is 32.3 Å². The van der Waals surface area contributed by atoms with Crippen LogP contribution in [-0.2, 0) is 11.4 Å². The SMILES string of the molecule is N#Cc1ccccc1COc1c(Cl)cc(/C=C2/SC(=S)N(c3ccccc3)C2=O)cc1Cl. The molecule has 4 rings (SSSR count). The third-order valence-electron chi connectivity index (χ3n) is 4.64. The fraction of sp³-hybridized carbons (Fsp3) is 0.0417. The van der Waals surface area contributed by atoms with E-state index < -0.39 is 0 Å². The predicted molar refractivity (Wildman–Crippen MR) is 134 cm³/mol. The number of thioether (sulfide) groups is 1. The Hall–Kier alpha value is -2.82. The van der Waals surface area contributed by atoms with E-state index in [1.165, 1.54) is 16.7 Å². The standard InChI is InChI=1S/C24H14Cl2N2O2S2/c25-19-10-15(11-20(26)22(19)30-14-17-7-5-4-6-16(17)13-27)12-21-23(29)28(24(31)32-21)18-8-2-1-3-9-18/h1-12H,14H2/b21-12+. The minimum atomic E-state index is -0.202. The first kappa shape index (κ1) is 22.4. The Morgan fingerprint density at radius 2 is 1.72 bits per heavy atom. The van der Waals surface area contributed by atoms with Crippen molar-refractivity contribution in [2.75, 3.05) is 4.90 Å². The Kier molecular flexibility index (Phi) is 6.83. The minimum Gasteiger partial charge on any atom is -0.486 e. The molecule has 1 aliphatic heterocycles. The number of nitrogens with zero attached hydrogens (tertiary/aromatic N) is 2. The van der Waals surface area contributed by atoms with Gasteiger partial charge in [-0.05, 0) is 42.0 Å². The predicted octanol–water partition coefficient (Wildman–Crippen LogP) is 6.85. The molecular weight excluding hydrogens is 483 g/mol. The van der Waals surface area contributed by atoms with E-state index in [9.17, 15) is 10.1 Å². The quantitative estimate of drug-likeness (QED) is 0.285. The number of ether oxygens (including phenoxy) is 1. The maximum atomic E-state index is 12.9. The van der Waals surface area contributed by atoms with Crippen LogP contribution in [0.15, 0.2) is 71.6 Å². The third-order valence-corrected chi connectivity index (χ3v) is 6.50. The van der Waals surface area contributed by atoms with Crippen molar-refractivity contribution in [3.8, 4) is 11.8 Å². The molecule has 1 heterocycles. The fourth-order valence-electron chi connectivity index (χ4n) is 3.12. The number of para-hydroxylation sites is 1. The molecule has 1 saturated heterocycles. The summed E-state index contributed by atoms with van der Waals surface area (Å²) in [5, 5.41) is 9.83. The smallest absolute Gasteiger partial charge is 0.270 e. The summed E-state index contributed by atoms with van der Waals surface area (Å²) in [6, 6.07) is 21.9. The minimum absolute atomic E-state index is 0.151. The van der Waals surface area contributed by atoms with Crippen LogP contribution in [0.25, 0.3) is 6.08 Å². The summed E-state index contributed by atoms with van der Waals surface area (Å²) in [5.41, 5.74) is 2.63. The van der Waals surface area contributed by atoms with Gasteiger partial charge in [0.15, 0.2) is 10.1 Å². The zero-order chi connectivity index (χ0) is 22.7. The molecule has 3 aromatic carbocycles. The van der Waals surface area contributed by atoms with Crippen LogP contribution in [0, 0.1) is 11.3 Å². The number of carbonyl (C=O) groups excluding carboxylic acids is 1. The molecule has 0 aromatic heterocycles. The number of hydrogen-bond donors (Lipinski definition) is 0. The van der Waals surface area contributed by atoms with Gasteiger partial charge >= 0.3 is 0 Å². The molecule has 0 unspecified atom stereocenters. The highest BCUT2D eigenvalue weighted by Crippen LogP contribution is 2.39. The molecule has 0 saturated carbocycles. The number of thiocarbonyl (C=S) groups is 1. The number of halogens is 2. The van der Waals surface area contributed by atoms with Crippen LogP contribution in [0.3, 0.4) is 0 Å². The first-order valence-electron chi connectivity index (χ1n) is 9.41. The van der Waals surface area contributed by atoms with Gasteiger partial charge in [0.2, 0.25) is 0 Å². The highest BCUT2D eigenvalue weighted by Gasteiger charge is 2.33. The molecule has 3 aromatic rings. The van der Waals surface area contributed by atoms with Crippen LogP contribution in [0.2, 0.25) is 10.0 Å². The van der Waals surface area contributed by atoms with E-state index in [2.05, 4.69) is 6.07 Å². The molecule has 0 spiro atoms. The van der Waals surface area contributed by atoms with E-state index in [1.807, 2.05) is 42.5 Å². The maximum Gasteiger partial charge on any atom is 0.270 e. The van der Waals surface area contributed by atoms with Crippen molar-refractivity contribution in [3.63, 3.8) is 0 Å². The molecular formula is C24H14Cl2N2O2S2. The van der Waals surface area contributed by atoms with Crippen LogP contribution in [0.4, 0.5) is 5.69 Å². The maximum absolute atomic E-state index is 12.9. The molecule has 8 heteroatoms. The number of hydrogen-bond acceptors (Lipinski definition) is 5. The van der Waals surface area contributed by atoms with Gasteiger partial charge in [0, 0.05) is 5.56 Å². The highest BCUT2D eigenvalue weighted by molar-refractivity contribution is 8.27. The van der Waals surface area contributed by atoms with Gasteiger partial charge in [-0.1, -0.05) is 83.6 Å². The van der Waals surface area contributed by atoms with Crippen LogP contribution in [0.1, 0.15) is 16.7 Å². The van der Waals surface area contributed by atoms with Crippen molar-refractivity contribution in [3.05, 3.63) is 98.4 Å². The van der Waals surface area contributed by atoms with E-state index in [-0.39, 0.29) is 12.5 Å². The number of carbonyl (C=O) groups is 1. The van der Waals surface area contributed by atoms with E-state index in [0.29, 0.717) is 36.1 Å². The lowest BCUT2D eigenvalue weighted by molar-refractivity contribution is -0.113. The van der Waals surface area contributed by atoms with E-state index in [0.717, 1.165) is 11.3 Å². The summed E-state index contributed by atoms with van der Waals surface area (Å²) in [5.74, 6) is 0.113. The van der Waals surface area contributed by atoms with Crippen molar-refractivity contribution in [1.82, 2.24) is 0 Å². The van der Waals surface area contributed by atoms with Crippen molar-refractivity contribution in [1.29, 1.82) is 5.26 Å².